The predicted molar refractivity (Wildman–Crippen MR) is 137 cm³/mol. The number of carbonyl (C=O) groups excluding carboxylic acids is 1. The van der Waals surface area contributed by atoms with Crippen LogP contribution in [0.5, 0.6) is 5.75 Å². The van der Waals surface area contributed by atoms with Crippen molar-refractivity contribution >= 4 is 27.8 Å². The molecule has 3 heterocycles. The molecule has 7 heteroatoms. The maximum Gasteiger partial charge on any atom is 0.248 e. The first kappa shape index (κ1) is 23.2. The lowest BCUT2D eigenvalue weighted by Gasteiger charge is -2.33. The zero-order chi connectivity index (χ0) is 24.7. The van der Waals surface area contributed by atoms with Crippen LogP contribution in [0.15, 0.2) is 51.8 Å². The molecule has 0 bridgehead atoms. The highest BCUT2D eigenvalue weighted by molar-refractivity contribution is 5.97. The summed E-state index contributed by atoms with van der Waals surface area (Å²) in [5.41, 5.74) is 9.34. The normalized spacial score (nSPS) is 15.2. The number of nitrogens with two attached hydrogens (primary N) is 1. The van der Waals surface area contributed by atoms with E-state index in [2.05, 4.69) is 21.7 Å². The van der Waals surface area contributed by atoms with E-state index in [0.717, 1.165) is 61.1 Å². The smallest absolute Gasteiger partial charge is 0.248 e. The number of methoxy groups -OCH3 is 1. The Kier molecular flexibility index (Phi) is 6.11. The second kappa shape index (κ2) is 9.23. The zero-order valence-corrected chi connectivity index (χ0v) is 20.5. The number of piperidine rings is 1. The highest BCUT2D eigenvalue weighted by atomic mass is 16.5. The van der Waals surface area contributed by atoms with Crippen LogP contribution in [0.3, 0.4) is 0 Å². The van der Waals surface area contributed by atoms with E-state index >= 15 is 0 Å². The van der Waals surface area contributed by atoms with E-state index in [0.29, 0.717) is 33.9 Å². The molecular weight excluding hydrogens is 442 g/mol. The molecule has 1 saturated heterocycles. The van der Waals surface area contributed by atoms with Crippen molar-refractivity contribution in [2.24, 2.45) is 5.73 Å². The Hall–Kier alpha value is -3.58. The Balaban J connectivity index is 1.32. The second-order valence-corrected chi connectivity index (χ2v) is 9.42. The molecule has 2 aromatic heterocycles. The molecule has 35 heavy (non-hydrogen) atoms. The van der Waals surface area contributed by atoms with Gasteiger partial charge in [0.2, 0.25) is 5.91 Å². The summed E-state index contributed by atoms with van der Waals surface area (Å²) in [6, 6.07) is 11.8. The highest BCUT2D eigenvalue weighted by Gasteiger charge is 2.23. The number of amides is 1. The van der Waals surface area contributed by atoms with Crippen LogP contribution < -0.4 is 15.9 Å². The van der Waals surface area contributed by atoms with Gasteiger partial charge >= 0.3 is 0 Å². The number of likely N-dealkylation sites (tertiary alicyclic amines) is 1. The number of hydrogen-bond acceptors (Lipinski definition) is 5. The maximum absolute atomic E-state index is 12.8. The first-order valence-corrected chi connectivity index (χ1v) is 12.1. The van der Waals surface area contributed by atoms with E-state index in [1.807, 2.05) is 25.1 Å². The van der Waals surface area contributed by atoms with E-state index in [1.165, 1.54) is 0 Å². The minimum Gasteiger partial charge on any atom is -0.496 e. The van der Waals surface area contributed by atoms with E-state index < -0.39 is 5.91 Å². The lowest BCUT2D eigenvalue weighted by molar-refractivity contribution is 0.100. The fourth-order valence-corrected chi connectivity index (χ4v) is 5.24. The molecule has 2 aromatic carbocycles. The summed E-state index contributed by atoms with van der Waals surface area (Å²) < 4.78 is 14.0. The monoisotopic (exact) mass is 473 g/mol. The van der Waals surface area contributed by atoms with Gasteiger partial charge in [-0.3, -0.25) is 9.59 Å². The standard InChI is InChI=1S/C28H31N3O4/c1-17-18(2)35-27-22(25(34-3)7-6-23(27)26(17)32)11-14-30-12-9-21(10-13-30)31-15-8-19-4-5-20(28(29)33)16-24(19)31/h4-8,15-16,21H,9-14H2,1-3H3,(H2,29,33). The molecular formula is C28H31N3O4. The van der Waals surface area contributed by atoms with Gasteiger partial charge in [-0.15, -0.1) is 0 Å². The Morgan fingerprint density at radius 1 is 1.14 bits per heavy atom. The lowest BCUT2D eigenvalue weighted by atomic mass is 10.0. The number of primary amides is 1. The van der Waals surface area contributed by atoms with Crippen molar-refractivity contribution < 1.29 is 13.9 Å². The van der Waals surface area contributed by atoms with Crippen LogP contribution in [0.2, 0.25) is 0 Å². The summed E-state index contributed by atoms with van der Waals surface area (Å²) in [4.78, 5) is 26.9. The van der Waals surface area contributed by atoms with E-state index in [1.54, 1.807) is 26.2 Å². The number of aromatic nitrogens is 1. The Morgan fingerprint density at radius 3 is 2.63 bits per heavy atom. The number of carbonyl (C=O) groups is 1. The van der Waals surface area contributed by atoms with Gasteiger partial charge in [-0.2, -0.15) is 0 Å². The molecule has 0 aliphatic carbocycles. The molecule has 7 nitrogen and oxygen atoms in total. The summed E-state index contributed by atoms with van der Waals surface area (Å²) in [6.45, 7) is 6.43. The fraction of sp³-hybridized carbons (Fsp3) is 0.357. The molecule has 0 saturated carbocycles. The van der Waals surface area contributed by atoms with Crippen molar-refractivity contribution in [2.45, 2.75) is 39.2 Å². The number of benzene rings is 2. The Bertz CT molecular complexity index is 1480. The third-order valence-electron chi connectivity index (χ3n) is 7.44. The van der Waals surface area contributed by atoms with E-state index in [4.69, 9.17) is 14.9 Å². The van der Waals surface area contributed by atoms with Gasteiger partial charge in [0.1, 0.15) is 17.1 Å². The number of ether oxygens (including phenoxy) is 1. The van der Waals surface area contributed by atoms with Crippen LogP contribution in [0.25, 0.3) is 21.9 Å². The summed E-state index contributed by atoms with van der Waals surface area (Å²) in [7, 11) is 1.65. The van der Waals surface area contributed by atoms with Gasteiger partial charge in [0.25, 0.3) is 0 Å². The molecule has 1 fully saturated rings. The molecule has 182 valence electrons. The predicted octanol–water partition coefficient (Wildman–Crippen LogP) is 4.35. The summed E-state index contributed by atoms with van der Waals surface area (Å²) in [5.74, 6) is 0.999. The minimum absolute atomic E-state index is 0.0203. The van der Waals surface area contributed by atoms with Gasteiger partial charge in [0.15, 0.2) is 5.43 Å². The lowest BCUT2D eigenvalue weighted by Crippen LogP contribution is -2.36. The minimum atomic E-state index is -0.403. The van der Waals surface area contributed by atoms with Gasteiger partial charge in [-0.1, -0.05) is 6.07 Å². The van der Waals surface area contributed by atoms with E-state index in [-0.39, 0.29) is 5.43 Å². The first-order valence-electron chi connectivity index (χ1n) is 12.1. The topological polar surface area (TPSA) is 90.7 Å². The third kappa shape index (κ3) is 4.21. The number of rotatable bonds is 6. The van der Waals surface area contributed by atoms with Gasteiger partial charge in [0.05, 0.1) is 12.5 Å². The molecule has 0 radical (unpaired) electrons. The molecule has 1 amide bonds. The number of nitrogens with zero attached hydrogens (tertiary/aromatic N) is 2. The zero-order valence-electron chi connectivity index (χ0n) is 20.5. The molecule has 0 unspecified atom stereocenters. The van der Waals surface area contributed by atoms with Gasteiger partial charge in [0, 0.05) is 54.1 Å². The summed E-state index contributed by atoms with van der Waals surface area (Å²) in [6.07, 6.45) is 4.89. The van der Waals surface area contributed by atoms with Crippen molar-refractivity contribution in [1.82, 2.24) is 9.47 Å². The molecule has 1 aliphatic rings. The van der Waals surface area contributed by atoms with Gasteiger partial charge in [-0.05, 0) is 68.8 Å². The molecule has 5 rings (SSSR count). The van der Waals surface area contributed by atoms with Gasteiger partial charge in [-0.25, -0.2) is 0 Å². The number of fused-ring (bicyclic) bond motifs is 2. The van der Waals surface area contributed by atoms with Crippen molar-refractivity contribution in [3.8, 4) is 5.75 Å². The van der Waals surface area contributed by atoms with Crippen LogP contribution in [-0.4, -0.2) is 42.1 Å². The Labute approximate surface area is 204 Å². The third-order valence-corrected chi connectivity index (χ3v) is 7.44. The van der Waals surface area contributed by atoms with Crippen LogP contribution >= 0.6 is 0 Å². The second-order valence-electron chi connectivity index (χ2n) is 9.42. The molecule has 4 aromatic rings. The highest BCUT2D eigenvalue weighted by Crippen LogP contribution is 2.31. The molecule has 2 N–H and O–H groups in total. The molecule has 0 spiro atoms. The van der Waals surface area contributed by atoms with Crippen LogP contribution in [0, 0.1) is 13.8 Å². The quantitative estimate of drug-likeness (QED) is 0.450. The summed E-state index contributed by atoms with van der Waals surface area (Å²) >= 11 is 0. The summed E-state index contributed by atoms with van der Waals surface area (Å²) in [5, 5.41) is 1.73. The van der Waals surface area contributed by atoms with Crippen LogP contribution in [0.1, 0.15) is 46.1 Å². The van der Waals surface area contributed by atoms with Crippen LogP contribution in [0.4, 0.5) is 0 Å². The van der Waals surface area contributed by atoms with Crippen molar-refractivity contribution in [3.63, 3.8) is 0 Å². The number of hydrogen-bond donors (Lipinski definition) is 1. The molecule has 1 aliphatic heterocycles. The van der Waals surface area contributed by atoms with Crippen molar-refractivity contribution in [3.05, 3.63) is 75.3 Å². The van der Waals surface area contributed by atoms with Crippen LogP contribution in [-0.2, 0) is 6.42 Å². The van der Waals surface area contributed by atoms with Crippen molar-refractivity contribution in [2.75, 3.05) is 26.7 Å². The SMILES string of the molecule is COc1ccc2c(=O)c(C)c(C)oc2c1CCN1CCC(n2ccc3ccc(C(N)=O)cc32)CC1. The largest absolute Gasteiger partial charge is 0.496 e. The molecule has 0 atom stereocenters. The van der Waals surface area contributed by atoms with Crippen molar-refractivity contribution in [1.29, 1.82) is 0 Å². The number of aryl methyl sites for hydroxylation is 1. The Morgan fingerprint density at radius 2 is 1.91 bits per heavy atom. The average molecular weight is 474 g/mol. The maximum atomic E-state index is 12.8. The average Bonchev–Trinajstić information content (AvgIpc) is 3.29. The van der Waals surface area contributed by atoms with E-state index in [9.17, 15) is 9.59 Å². The fourth-order valence-electron chi connectivity index (χ4n) is 5.24. The first-order chi connectivity index (χ1) is 16.9. The van der Waals surface area contributed by atoms with Gasteiger partial charge < -0.3 is 24.4 Å².